The second-order valence-corrected chi connectivity index (χ2v) is 9.54. The van der Waals surface area contributed by atoms with Crippen LogP contribution in [0.2, 0.25) is 0 Å². The Hall–Kier alpha value is -3.26. The highest BCUT2D eigenvalue weighted by atomic mass is 32.1. The summed E-state index contributed by atoms with van der Waals surface area (Å²) in [5.74, 6) is -4.02. The van der Waals surface area contributed by atoms with Gasteiger partial charge in [-0.3, -0.25) is 9.10 Å². The lowest BCUT2D eigenvalue weighted by Gasteiger charge is -2.40. The highest BCUT2D eigenvalue weighted by Gasteiger charge is 2.41. The van der Waals surface area contributed by atoms with Gasteiger partial charge in [-0.1, -0.05) is 50.6 Å². The van der Waals surface area contributed by atoms with Gasteiger partial charge >= 0.3 is 0 Å². The third-order valence-electron chi connectivity index (χ3n) is 6.79. The fourth-order valence-electron chi connectivity index (χ4n) is 4.86. The molecule has 0 saturated carbocycles. The van der Waals surface area contributed by atoms with Gasteiger partial charge in [-0.15, -0.1) is 0 Å². The highest BCUT2D eigenvalue weighted by molar-refractivity contribution is 7.78. The zero-order valence-electron chi connectivity index (χ0n) is 20.1. The summed E-state index contributed by atoms with van der Waals surface area (Å²) < 4.78 is 43.9. The van der Waals surface area contributed by atoms with E-state index in [0.29, 0.717) is 18.3 Å². The van der Waals surface area contributed by atoms with E-state index in [1.165, 1.54) is 4.31 Å². The number of aromatic nitrogens is 1. The van der Waals surface area contributed by atoms with Crippen LogP contribution in [0, 0.1) is 17.5 Å². The van der Waals surface area contributed by atoms with Crippen molar-refractivity contribution in [1.82, 2.24) is 9.29 Å². The molecule has 0 bridgehead atoms. The number of hydrogen-bond acceptors (Lipinski definition) is 4. The number of anilines is 1. The first-order valence-electron chi connectivity index (χ1n) is 11.8. The van der Waals surface area contributed by atoms with Gasteiger partial charge in [0.1, 0.15) is 11.6 Å². The summed E-state index contributed by atoms with van der Waals surface area (Å²) in [5, 5.41) is 3.20. The van der Waals surface area contributed by atoms with Gasteiger partial charge in [-0.05, 0) is 60.2 Å². The fraction of sp³-hybridized carbons (Fsp3) is 0.286. The summed E-state index contributed by atoms with van der Waals surface area (Å²) in [6.07, 6.45) is 3.20. The molecule has 1 amide bonds. The highest BCUT2D eigenvalue weighted by Crippen LogP contribution is 2.43. The predicted molar refractivity (Wildman–Crippen MR) is 138 cm³/mol. The molecule has 1 aliphatic rings. The Morgan fingerprint density at radius 2 is 1.94 bits per heavy atom. The number of aryl methyl sites for hydroxylation is 1. The number of thiol groups is 1. The van der Waals surface area contributed by atoms with E-state index in [4.69, 9.17) is 0 Å². The van der Waals surface area contributed by atoms with Crippen LogP contribution in [0.4, 0.5) is 19.0 Å². The second-order valence-electron chi connectivity index (χ2n) is 9.11. The van der Waals surface area contributed by atoms with Gasteiger partial charge in [0, 0.05) is 36.3 Å². The van der Waals surface area contributed by atoms with E-state index >= 15 is 0 Å². The van der Waals surface area contributed by atoms with Crippen molar-refractivity contribution in [3.05, 3.63) is 107 Å². The van der Waals surface area contributed by atoms with Crippen LogP contribution in [0.25, 0.3) is 0 Å². The molecule has 3 aromatic rings. The number of nitrogens with one attached hydrogen (secondary N) is 1. The summed E-state index contributed by atoms with van der Waals surface area (Å²) in [5.41, 5.74) is 3.51. The van der Waals surface area contributed by atoms with E-state index in [1.807, 2.05) is 43.3 Å². The first-order chi connectivity index (χ1) is 17.2. The van der Waals surface area contributed by atoms with E-state index in [-0.39, 0.29) is 17.9 Å². The molecular weight excluding hydrogens is 483 g/mol. The quantitative estimate of drug-likeness (QED) is 0.279. The van der Waals surface area contributed by atoms with Crippen LogP contribution < -0.4 is 5.32 Å². The molecular formula is C28H28F3N3OS. The molecule has 4 nitrogen and oxygen atoms in total. The Morgan fingerprint density at radius 1 is 1.17 bits per heavy atom. The number of carbonyl (C=O) groups is 1. The number of pyridine rings is 1. The van der Waals surface area contributed by atoms with Crippen LogP contribution in [0.1, 0.15) is 54.4 Å². The first-order valence-corrected chi connectivity index (χ1v) is 12.2. The number of halogens is 3. The maximum Gasteiger partial charge on any atom is 0.240 e. The number of rotatable bonds is 7. The average molecular weight is 512 g/mol. The van der Waals surface area contributed by atoms with Crippen LogP contribution in [-0.2, 0) is 17.6 Å². The Balaban J connectivity index is 1.64. The van der Waals surface area contributed by atoms with Crippen molar-refractivity contribution >= 4 is 24.5 Å². The molecule has 2 aromatic carbocycles. The molecule has 3 unspecified atom stereocenters. The number of amides is 1. The fourth-order valence-corrected chi connectivity index (χ4v) is 5.16. The molecule has 0 aliphatic carbocycles. The summed E-state index contributed by atoms with van der Waals surface area (Å²) in [6.45, 7) is 7.88. The minimum atomic E-state index is -1.25. The Labute approximate surface area is 214 Å². The summed E-state index contributed by atoms with van der Waals surface area (Å²) in [7, 11) is 0. The number of allylic oxidation sites excluding steroid dienone is 1. The van der Waals surface area contributed by atoms with Gasteiger partial charge in [0.2, 0.25) is 5.91 Å². The molecule has 2 heterocycles. The van der Waals surface area contributed by atoms with Crippen molar-refractivity contribution < 1.29 is 18.0 Å². The standard InChI is InChI=1S/C28H28F3N3OS/c1-4-18-8-9-19(12-20(18)11-16(2)33-26-7-5-6-10-32-26)23-15-22(17(3)34(36)28(23)35)24-13-21(29)14-25(30)27(24)31/h5-10,12-14,17,22-23,36H,2,4,11,15H2,1,3H3,(H,32,33). The normalized spacial score (nSPS) is 19.9. The minimum absolute atomic E-state index is 0.0881. The first kappa shape index (κ1) is 25.8. The lowest BCUT2D eigenvalue weighted by atomic mass is 9.77. The molecule has 1 fully saturated rings. The third-order valence-corrected chi connectivity index (χ3v) is 7.35. The molecule has 4 rings (SSSR count). The molecule has 3 atom stereocenters. The molecule has 188 valence electrons. The van der Waals surface area contributed by atoms with Gasteiger partial charge in [0.25, 0.3) is 0 Å². The summed E-state index contributed by atoms with van der Waals surface area (Å²) in [6, 6.07) is 12.4. The smallest absolute Gasteiger partial charge is 0.240 e. The molecule has 0 spiro atoms. The monoisotopic (exact) mass is 511 g/mol. The van der Waals surface area contributed by atoms with Crippen LogP contribution in [0.5, 0.6) is 0 Å². The van der Waals surface area contributed by atoms with E-state index < -0.39 is 35.3 Å². The van der Waals surface area contributed by atoms with Crippen molar-refractivity contribution in [1.29, 1.82) is 0 Å². The molecule has 1 N–H and O–H groups in total. The second kappa shape index (κ2) is 10.8. The summed E-state index contributed by atoms with van der Waals surface area (Å²) in [4.78, 5) is 17.5. The molecule has 0 radical (unpaired) electrons. The largest absolute Gasteiger partial charge is 0.344 e. The zero-order valence-corrected chi connectivity index (χ0v) is 21.0. The van der Waals surface area contributed by atoms with Crippen molar-refractivity contribution in [2.24, 2.45) is 0 Å². The Morgan fingerprint density at radius 3 is 2.64 bits per heavy atom. The van der Waals surface area contributed by atoms with Gasteiger partial charge in [0.15, 0.2) is 11.6 Å². The zero-order chi connectivity index (χ0) is 26.0. The third kappa shape index (κ3) is 5.28. The van der Waals surface area contributed by atoms with Gasteiger partial charge in [0.05, 0.1) is 5.92 Å². The predicted octanol–water partition coefficient (Wildman–Crippen LogP) is 6.56. The summed E-state index contributed by atoms with van der Waals surface area (Å²) >= 11 is 4.37. The van der Waals surface area contributed by atoms with Gasteiger partial charge < -0.3 is 5.32 Å². The van der Waals surface area contributed by atoms with Crippen LogP contribution in [0.3, 0.4) is 0 Å². The van der Waals surface area contributed by atoms with Crippen molar-refractivity contribution in [3.63, 3.8) is 0 Å². The topological polar surface area (TPSA) is 45.2 Å². The average Bonchev–Trinajstić information content (AvgIpc) is 2.86. The van der Waals surface area contributed by atoms with Crippen molar-refractivity contribution in [2.45, 2.75) is 51.0 Å². The number of piperidine rings is 1. The molecule has 8 heteroatoms. The van der Waals surface area contributed by atoms with Gasteiger partial charge in [-0.25, -0.2) is 18.2 Å². The molecule has 36 heavy (non-hydrogen) atoms. The number of benzene rings is 2. The maximum absolute atomic E-state index is 14.7. The number of nitrogens with zero attached hydrogens (tertiary/aromatic N) is 2. The molecule has 1 aliphatic heterocycles. The maximum atomic E-state index is 14.7. The number of hydrogen-bond donors (Lipinski definition) is 2. The lowest BCUT2D eigenvalue weighted by molar-refractivity contribution is -0.131. The Bertz CT molecular complexity index is 1280. The van der Waals surface area contributed by atoms with Crippen LogP contribution in [-0.4, -0.2) is 21.2 Å². The van der Waals surface area contributed by atoms with E-state index in [9.17, 15) is 18.0 Å². The van der Waals surface area contributed by atoms with E-state index in [1.54, 1.807) is 13.1 Å². The SMILES string of the molecule is C=C(Cc1cc(C2CC(c3cc(F)cc(F)c3F)C(C)N(S)C2=O)ccc1CC)Nc1ccccn1. The Kier molecular flexibility index (Phi) is 7.73. The minimum Gasteiger partial charge on any atom is -0.344 e. The van der Waals surface area contributed by atoms with E-state index in [2.05, 4.69) is 29.7 Å². The molecule has 1 saturated heterocycles. The van der Waals surface area contributed by atoms with Crippen LogP contribution in [0.15, 0.2) is 67.0 Å². The van der Waals surface area contributed by atoms with Crippen molar-refractivity contribution in [2.75, 3.05) is 5.32 Å². The van der Waals surface area contributed by atoms with Crippen LogP contribution >= 0.6 is 12.8 Å². The van der Waals surface area contributed by atoms with E-state index in [0.717, 1.165) is 34.9 Å². The van der Waals surface area contributed by atoms with Gasteiger partial charge in [-0.2, -0.15) is 0 Å². The van der Waals surface area contributed by atoms with Crippen molar-refractivity contribution in [3.8, 4) is 0 Å². The number of carbonyl (C=O) groups excluding carboxylic acids is 1. The molecule has 1 aromatic heterocycles. The lowest BCUT2D eigenvalue weighted by Crippen LogP contribution is -2.44.